The van der Waals surface area contributed by atoms with Gasteiger partial charge in [0.2, 0.25) is 0 Å². The van der Waals surface area contributed by atoms with E-state index in [-0.39, 0.29) is 5.92 Å². The summed E-state index contributed by atoms with van der Waals surface area (Å²) in [5.74, 6) is -2.86. The number of rotatable bonds is 5. The Morgan fingerprint density at radius 3 is 2.50 bits per heavy atom. The van der Waals surface area contributed by atoms with Crippen LogP contribution in [0.5, 0.6) is 0 Å². The van der Waals surface area contributed by atoms with Crippen molar-refractivity contribution in [1.29, 1.82) is 0 Å². The lowest BCUT2D eigenvalue weighted by molar-refractivity contribution is -0.175. The van der Waals surface area contributed by atoms with Crippen LogP contribution < -0.4 is 5.32 Å². The first kappa shape index (κ1) is 20.6. The van der Waals surface area contributed by atoms with Crippen LogP contribution in [0.1, 0.15) is 26.7 Å². The summed E-state index contributed by atoms with van der Waals surface area (Å²) in [5, 5.41) is 3.30. The molecule has 4 aliphatic rings. The summed E-state index contributed by atoms with van der Waals surface area (Å²) >= 11 is 6.18. The topological polar surface area (TPSA) is 100 Å². The molecule has 4 aliphatic heterocycles. The van der Waals surface area contributed by atoms with Crippen LogP contribution >= 0.6 is 31.9 Å². The molecule has 4 rings (SSSR count). The zero-order chi connectivity index (χ0) is 20.2. The van der Waals surface area contributed by atoms with Crippen molar-refractivity contribution in [2.24, 2.45) is 17.8 Å². The van der Waals surface area contributed by atoms with Gasteiger partial charge in [-0.15, -0.1) is 0 Å². The van der Waals surface area contributed by atoms with Crippen molar-refractivity contribution in [3.05, 3.63) is 0 Å². The first-order chi connectivity index (χ1) is 13.2. The van der Waals surface area contributed by atoms with Gasteiger partial charge in [0.15, 0.2) is 15.9 Å². The van der Waals surface area contributed by atoms with Gasteiger partial charge in [-0.05, 0) is 39.8 Å². The molecule has 0 radical (unpaired) electrons. The fraction of sp³-hybridized carbons (Fsp3) is 0.833. The Morgan fingerprint density at radius 1 is 1.18 bits per heavy atom. The predicted octanol–water partition coefficient (Wildman–Crippen LogP) is 1.27. The van der Waals surface area contributed by atoms with Crippen LogP contribution in [0.2, 0.25) is 0 Å². The van der Waals surface area contributed by atoms with E-state index in [0.717, 1.165) is 25.9 Å². The molecule has 0 aromatic rings. The zero-order valence-electron chi connectivity index (χ0n) is 15.6. The van der Waals surface area contributed by atoms with Crippen LogP contribution in [0.25, 0.3) is 0 Å². The molecule has 10 heteroatoms. The van der Waals surface area contributed by atoms with Crippen LogP contribution in [-0.2, 0) is 33.3 Å². The summed E-state index contributed by atoms with van der Waals surface area (Å²) < 4.78 is 21.9. The summed E-state index contributed by atoms with van der Waals surface area (Å²) in [5.41, 5.74) is -0.661. The van der Waals surface area contributed by atoms with Crippen LogP contribution in [0.4, 0.5) is 0 Å². The van der Waals surface area contributed by atoms with Gasteiger partial charge in [-0.25, -0.2) is 4.79 Å². The molecule has 0 spiro atoms. The molecule has 4 fully saturated rings. The third-order valence-corrected chi connectivity index (χ3v) is 7.04. The fourth-order valence-corrected chi connectivity index (χ4v) is 5.07. The summed E-state index contributed by atoms with van der Waals surface area (Å²) in [6.45, 7) is 5.58. The van der Waals surface area contributed by atoms with Crippen LogP contribution in [-0.4, -0.2) is 64.8 Å². The molecular formula is C18H23Br2NO7. The Labute approximate surface area is 179 Å². The number of nitrogens with one attached hydrogen (secondary N) is 1. The maximum absolute atomic E-state index is 13.1. The molecule has 0 aromatic carbocycles. The first-order valence-electron chi connectivity index (χ1n) is 9.49. The Kier molecular flexibility index (Phi) is 5.52. The van der Waals surface area contributed by atoms with E-state index in [1.54, 1.807) is 0 Å². The van der Waals surface area contributed by atoms with Gasteiger partial charge >= 0.3 is 17.9 Å². The van der Waals surface area contributed by atoms with Gasteiger partial charge < -0.3 is 24.3 Å². The third-order valence-electron chi connectivity index (χ3n) is 6.29. The molecule has 0 amide bonds. The number of carbonyl (C=O) groups excluding carboxylic acids is 3. The van der Waals surface area contributed by atoms with E-state index in [2.05, 4.69) is 37.2 Å². The van der Waals surface area contributed by atoms with Crippen molar-refractivity contribution >= 4 is 49.8 Å². The van der Waals surface area contributed by atoms with E-state index in [1.807, 2.05) is 13.8 Å². The molecule has 0 aromatic heterocycles. The number of piperidine rings is 1. The van der Waals surface area contributed by atoms with E-state index in [0.29, 0.717) is 0 Å². The minimum Gasteiger partial charge on any atom is -0.459 e. The lowest BCUT2D eigenvalue weighted by atomic mass is 9.78. The molecular weight excluding hydrogens is 502 g/mol. The highest BCUT2D eigenvalue weighted by molar-refractivity contribution is 9.25. The van der Waals surface area contributed by atoms with Gasteiger partial charge in [-0.2, -0.15) is 0 Å². The van der Waals surface area contributed by atoms with Gasteiger partial charge in [-0.1, -0.05) is 31.9 Å². The Morgan fingerprint density at radius 2 is 1.86 bits per heavy atom. The van der Waals surface area contributed by atoms with E-state index >= 15 is 0 Å². The van der Waals surface area contributed by atoms with E-state index in [4.69, 9.17) is 18.9 Å². The molecule has 2 bridgehead atoms. The number of esters is 3. The SMILES string of the molecule is CC(C)(OC(=O)C1C2OC3C(OC(=O)C31)C2OC(=O)C(Br)Br)C1CCNCC1. The number of alkyl halides is 2. The number of fused-ring (bicyclic) bond motifs is 1. The monoisotopic (exact) mass is 523 g/mol. The Bertz CT molecular complexity index is 679. The maximum atomic E-state index is 13.1. The van der Waals surface area contributed by atoms with Crippen molar-refractivity contribution in [2.45, 2.75) is 60.4 Å². The Hall–Kier alpha value is -0.710. The van der Waals surface area contributed by atoms with Crippen molar-refractivity contribution in [3.8, 4) is 0 Å². The van der Waals surface area contributed by atoms with Crippen molar-refractivity contribution in [2.75, 3.05) is 13.1 Å². The second-order valence-corrected chi connectivity index (χ2v) is 11.3. The smallest absolute Gasteiger partial charge is 0.331 e. The van der Waals surface area contributed by atoms with E-state index in [1.165, 1.54) is 0 Å². The molecule has 156 valence electrons. The average molecular weight is 525 g/mol. The number of hydrogen-bond donors (Lipinski definition) is 1. The van der Waals surface area contributed by atoms with Gasteiger partial charge in [-0.3, -0.25) is 9.59 Å². The molecule has 0 saturated carbocycles. The first-order valence-corrected chi connectivity index (χ1v) is 11.3. The van der Waals surface area contributed by atoms with E-state index in [9.17, 15) is 14.4 Å². The molecule has 1 N–H and O–H groups in total. The normalized spacial score (nSPS) is 37.2. The number of carbonyl (C=O) groups is 3. The van der Waals surface area contributed by atoms with Crippen LogP contribution in [0.15, 0.2) is 0 Å². The highest BCUT2D eigenvalue weighted by atomic mass is 79.9. The molecule has 4 saturated heterocycles. The standard InChI is InChI=1S/C18H23Br2NO7/c1-18(2,7-3-5-21-6-4-7)28-16(23)9-8-10-12(26-15(8)22)13(11(9)25-10)27-17(24)14(19)20/h7-14,21H,3-6H2,1-2H3. The second-order valence-electron chi connectivity index (χ2n) is 8.27. The van der Waals surface area contributed by atoms with Gasteiger partial charge in [0.25, 0.3) is 0 Å². The third kappa shape index (κ3) is 3.40. The van der Waals surface area contributed by atoms with Gasteiger partial charge in [0, 0.05) is 5.92 Å². The lowest BCUT2D eigenvalue weighted by Crippen LogP contribution is -2.50. The predicted molar refractivity (Wildman–Crippen MR) is 103 cm³/mol. The van der Waals surface area contributed by atoms with Gasteiger partial charge in [0.1, 0.15) is 29.6 Å². The van der Waals surface area contributed by atoms with Crippen molar-refractivity contribution < 1.29 is 33.3 Å². The number of ether oxygens (including phenoxy) is 4. The molecule has 8 nitrogen and oxygen atoms in total. The van der Waals surface area contributed by atoms with E-state index < -0.39 is 63.5 Å². The quantitative estimate of drug-likeness (QED) is 0.326. The number of halogens is 2. The number of hydrogen-bond acceptors (Lipinski definition) is 8. The Balaban J connectivity index is 1.51. The molecule has 6 atom stereocenters. The van der Waals surface area contributed by atoms with Crippen molar-refractivity contribution in [3.63, 3.8) is 0 Å². The van der Waals surface area contributed by atoms with Crippen LogP contribution in [0, 0.1) is 17.8 Å². The average Bonchev–Trinajstić information content (AvgIpc) is 3.25. The fourth-order valence-electron chi connectivity index (χ4n) is 4.85. The molecule has 0 aliphatic carbocycles. The van der Waals surface area contributed by atoms with Crippen LogP contribution in [0.3, 0.4) is 0 Å². The maximum Gasteiger partial charge on any atom is 0.331 e. The summed E-state index contributed by atoms with van der Waals surface area (Å²) in [7, 11) is 0. The summed E-state index contributed by atoms with van der Waals surface area (Å²) in [4.78, 5) is 37.5. The lowest BCUT2D eigenvalue weighted by Gasteiger charge is -2.38. The van der Waals surface area contributed by atoms with Crippen molar-refractivity contribution in [1.82, 2.24) is 5.32 Å². The zero-order valence-corrected chi connectivity index (χ0v) is 18.7. The molecule has 4 heterocycles. The van der Waals surface area contributed by atoms with Gasteiger partial charge in [0.05, 0.1) is 0 Å². The summed E-state index contributed by atoms with van der Waals surface area (Å²) in [6, 6.07) is 0. The second kappa shape index (κ2) is 7.52. The largest absolute Gasteiger partial charge is 0.459 e. The molecule has 28 heavy (non-hydrogen) atoms. The molecule has 6 unspecified atom stereocenters. The summed E-state index contributed by atoms with van der Waals surface area (Å²) in [6.07, 6.45) is -0.994. The minimum atomic E-state index is -0.834. The highest BCUT2D eigenvalue weighted by Crippen LogP contribution is 2.52. The highest BCUT2D eigenvalue weighted by Gasteiger charge is 2.72. The minimum absolute atomic E-state index is 0.233.